The van der Waals surface area contributed by atoms with Crippen molar-refractivity contribution in [3.8, 4) is 17.1 Å². The summed E-state index contributed by atoms with van der Waals surface area (Å²) in [6, 6.07) is 10.2. The number of para-hydroxylation sites is 1. The molecule has 4 rings (SSSR count). The largest absolute Gasteiger partial charge is 0.416 e. The Bertz CT molecular complexity index is 1350. The molecule has 2 heterocycles. The van der Waals surface area contributed by atoms with E-state index < -0.39 is 17.6 Å². The fourth-order valence-corrected chi connectivity index (χ4v) is 3.48. The fourth-order valence-electron chi connectivity index (χ4n) is 3.48. The molecule has 0 radical (unpaired) electrons. The van der Waals surface area contributed by atoms with Crippen molar-refractivity contribution in [1.82, 2.24) is 19.9 Å². The first kappa shape index (κ1) is 23.2. The molecule has 0 fully saturated rings. The van der Waals surface area contributed by atoms with Crippen LogP contribution in [0.15, 0.2) is 53.2 Å². The van der Waals surface area contributed by atoms with E-state index in [1.807, 2.05) is 32.9 Å². The summed E-state index contributed by atoms with van der Waals surface area (Å²) < 4.78 is 46.0. The molecular formula is C24H22F3N5O2. The number of rotatable bonds is 5. The van der Waals surface area contributed by atoms with Gasteiger partial charge in [0.2, 0.25) is 0 Å². The molecule has 0 saturated carbocycles. The highest BCUT2D eigenvalue weighted by Gasteiger charge is 2.31. The zero-order valence-corrected chi connectivity index (χ0v) is 18.9. The summed E-state index contributed by atoms with van der Waals surface area (Å²) >= 11 is 0. The number of halogens is 3. The molecule has 0 spiro atoms. The molecule has 0 aliphatic carbocycles. The van der Waals surface area contributed by atoms with Crippen LogP contribution in [-0.2, 0) is 6.18 Å². The number of alkyl halides is 3. The third-order valence-electron chi connectivity index (χ3n) is 5.37. The summed E-state index contributed by atoms with van der Waals surface area (Å²) in [5, 5.41) is 11.0. The number of nitrogens with one attached hydrogen (secondary N) is 1. The van der Waals surface area contributed by atoms with Gasteiger partial charge in [0.15, 0.2) is 5.82 Å². The number of benzene rings is 2. The number of aromatic nitrogens is 4. The van der Waals surface area contributed by atoms with Crippen LogP contribution in [-0.4, -0.2) is 25.8 Å². The summed E-state index contributed by atoms with van der Waals surface area (Å²) in [6.45, 7) is 7.34. The van der Waals surface area contributed by atoms with Crippen molar-refractivity contribution in [2.75, 3.05) is 5.32 Å². The van der Waals surface area contributed by atoms with Crippen molar-refractivity contribution in [1.29, 1.82) is 0 Å². The molecule has 0 unspecified atom stereocenters. The molecule has 0 saturated heterocycles. The third kappa shape index (κ3) is 4.43. The lowest BCUT2D eigenvalue weighted by molar-refractivity contribution is -0.137. The second-order valence-corrected chi connectivity index (χ2v) is 8.17. The smallest absolute Gasteiger partial charge is 0.334 e. The minimum absolute atomic E-state index is 0.0738. The van der Waals surface area contributed by atoms with E-state index in [0.717, 1.165) is 17.7 Å². The van der Waals surface area contributed by atoms with E-state index in [1.165, 1.54) is 23.0 Å². The van der Waals surface area contributed by atoms with Gasteiger partial charge < -0.3 is 9.84 Å². The van der Waals surface area contributed by atoms with Gasteiger partial charge in [-0.3, -0.25) is 4.79 Å². The van der Waals surface area contributed by atoms with Gasteiger partial charge in [-0.1, -0.05) is 37.2 Å². The minimum Gasteiger partial charge on any atom is -0.334 e. The number of amides is 1. The number of anilines is 1. The Morgan fingerprint density at radius 1 is 1.12 bits per heavy atom. The van der Waals surface area contributed by atoms with Crippen molar-refractivity contribution in [3.63, 3.8) is 0 Å². The SMILES string of the molecule is Cc1cccc(-c2nc(C(C)C)no2)c1NC(=O)c1cnn(-c2cccc(C(F)(F)F)c2)c1C. The zero-order valence-electron chi connectivity index (χ0n) is 18.9. The Balaban J connectivity index is 1.66. The zero-order chi connectivity index (χ0) is 24.6. The van der Waals surface area contributed by atoms with Gasteiger partial charge in [-0.2, -0.15) is 23.3 Å². The Hall–Kier alpha value is -3.95. The average molecular weight is 469 g/mol. The number of carbonyl (C=O) groups is 1. The molecule has 4 aromatic rings. The number of hydrogen-bond donors (Lipinski definition) is 1. The predicted octanol–water partition coefficient (Wildman–Crippen LogP) is 5.93. The molecule has 1 N–H and O–H groups in total. The maximum atomic E-state index is 13.1. The highest BCUT2D eigenvalue weighted by molar-refractivity contribution is 6.07. The van der Waals surface area contributed by atoms with Crippen LogP contribution < -0.4 is 5.32 Å². The van der Waals surface area contributed by atoms with Gasteiger partial charge in [0, 0.05) is 5.92 Å². The molecule has 2 aromatic heterocycles. The van der Waals surface area contributed by atoms with Crippen LogP contribution in [0.1, 0.15) is 52.8 Å². The summed E-state index contributed by atoms with van der Waals surface area (Å²) in [5.41, 5.74) is 1.86. The van der Waals surface area contributed by atoms with Crippen LogP contribution >= 0.6 is 0 Å². The quantitative estimate of drug-likeness (QED) is 0.391. The van der Waals surface area contributed by atoms with Gasteiger partial charge in [-0.25, -0.2) is 4.68 Å². The molecule has 1 amide bonds. The van der Waals surface area contributed by atoms with Gasteiger partial charge >= 0.3 is 6.18 Å². The van der Waals surface area contributed by atoms with Crippen LogP contribution in [0.4, 0.5) is 18.9 Å². The van der Waals surface area contributed by atoms with Gasteiger partial charge in [0.25, 0.3) is 11.8 Å². The third-order valence-corrected chi connectivity index (χ3v) is 5.37. The molecule has 0 aliphatic heterocycles. The first-order chi connectivity index (χ1) is 16.1. The monoisotopic (exact) mass is 469 g/mol. The first-order valence-corrected chi connectivity index (χ1v) is 10.5. The Kier molecular flexibility index (Phi) is 5.99. The van der Waals surface area contributed by atoms with Crippen LogP contribution in [0.5, 0.6) is 0 Å². The number of carbonyl (C=O) groups excluding carboxylic acids is 1. The molecule has 0 atom stereocenters. The lowest BCUT2D eigenvalue weighted by atomic mass is 10.1. The topological polar surface area (TPSA) is 85.8 Å². The highest BCUT2D eigenvalue weighted by atomic mass is 19.4. The van der Waals surface area contributed by atoms with Crippen molar-refractivity contribution >= 4 is 11.6 Å². The highest BCUT2D eigenvalue weighted by Crippen LogP contribution is 2.32. The van der Waals surface area contributed by atoms with Crippen LogP contribution in [0, 0.1) is 13.8 Å². The maximum Gasteiger partial charge on any atom is 0.416 e. The van der Waals surface area contributed by atoms with E-state index in [0.29, 0.717) is 22.8 Å². The molecule has 7 nitrogen and oxygen atoms in total. The van der Waals surface area contributed by atoms with E-state index in [9.17, 15) is 18.0 Å². The summed E-state index contributed by atoms with van der Waals surface area (Å²) in [5.74, 6) is 0.436. The molecule has 0 bridgehead atoms. The van der Waals surface area contributed by atoms with Crippen LogP contribution in [0.2, 0.25) is 0 Å². The Morgan fingerprint density at radius 3 is 2.53 bits per heavy atom. The van der Waals surface area contributed by atoms with Gasteiger partial charge in [-0.15, -0.1) is 0 Å². The predicted molar refractivity (Wildman–Crippen MR) is 120 cm³/mol. The van der Waals surface area contributed by atoms with E-state index in [-0.39, 0.29) is 23.1 Å². The lowest BCUT2D eigenvalue weighted by Gasteiger charge is -2.12. The lowest BCUT2D eigenvalue weighted by Crippen LogP contribution is -2.15. The minimum atomic E-state index is -4.48. The van der Waals surface area contributed by atoms with Crippen molar-refractivity contribution in [2.45, 2.75) is 39.8 Å². The Labute approximate surface area is 193 Å². The Morgan fingerprint density at radius 2 is 1.85 bits per heavy atom. The number of aryl methyl sites for hydroxylation is 1. The molecule has 0 aliphatic rings. The standard InChI is InChI=1S/C24H22F3N5O2/c1-13(2)21-30-23(34-31-21)18-10-5-7-14(3)20(18)29-22(33)19-12-28-32(15(19)4)17-9-6-8-16(11-17)24(25,26)27/h5-13H,1-4H3,(H,29,33). The summed E-state index contributed by atoms with van der Waals surface area (Å²) in [7, 11) is 0. The maximum absolute atomic E-state index is 13.1. The summed E-state index contributed by atoms with van der Waals surface area (Å²) in [6.07, 6.45) is -3.16. The van der Waals surface area contributed by atoms with Gasteiger partial charge in [-0.05, 0) is 43.7 Å². The average Bonchev–Trinajstić information content (AvgIpc) is 3.42. The van der Waals surface area contributed by atoms with Crippen molar-refractivity contribution in [2.24, 2.45) is 0 Å². The van der Waals surface area contributed by atoms with E-state index >= 15 is 0 Å². The fraction of sp³-hybridized carbons (Fsp3) is 0.250. The van der Waals surface area contributed by atoms with Gasteiger partial charge in [0.05, 0.1) is 40.0 Å². The summed E-state index contributed by atoms with van der Waals surface area (Å²) in [4.78, 5) is 17.6. The molecule has 34 heavy (non-hydrogen) atoms. The second-order valence-electron chi connectivity index (χ2n) is 8.17. The van der Waals surface area contributed by atoms with Crippen molar-refractivity contribution in [3.05, 3.63) is 76.9 Å². The normalized spacial score (nSPS) is 11.8. The van der Waals surface area contributed by atoms with Crippen LogP contribution in [0.3, 0.4) is 0 Å². The molecular weight excluding hydrogens is 447 g/mol. The molecule has 176 valence electrons. The van der Waals surface area contributed by atoms with Crippen molar-refractivity contribution < 1.29 is 22.5 Å². The molecule has 2 aromatic carbocycles. The number of hydrogen-bond acceptors (Lipinski definition) is 5. The second kappa shape index (κ2) is 8.77. The molecule has 10 heteroatoms. The van der Waals surface area contributed by atoms with E-state index in [2.05, 4.69) is 20.6 Å². The van der Waals surface area contributed by atoms with E-state index in [1.54, 1.807) is 13.0 Å². The van der Waals surface area contributed by atoms with E-state index in [4.69, 9.17) is 4.52 Å². The first-order valence-electron chi connectivity index (χ1n) is 10.5. The number of nitrogens with zero attached hydrogens (tertiary/aromatic N) is 4. The van der Waals surface area contributed by atoms with Gasteiger partial charge in [0.1, 0.15) is 0 Å². The van der Waals surface area contributed by atoms with Crippen LogP contribution in [0.25, 0.3) is 17.1 Å².